The molecule has 0 atom stereocenters. The van der Waals surface area contributed by atoms with E-state index in [9.17, 15) is 0 Å². The largest absolute Gasteiger partial charge is 0.467 e. The number of piperazine rings is 1. The van der Waals surface area contributed by atoms with Gasteiger partial charge in [0.25, 0.3) is 0 Å². The van der Waals surface area contributed by atoms with Crippen molar-refractivity contribution in [2.45, 2.75) is 13.0 Å². The van der Waals surface area contributed by atoms with Crippen LogP contribution in [0.1, 0.15) is 12.2 Å². The van der Waals surface area contributed by atoms with Gasteiger partial charge in [0.1, 0.15) is 12.4 Å². The lowest BCUT2D eigenvalue weighted by Crippen LogP contribution is -2.52. The number of guanidine groups is 1. The molecule has 6 nitrogen and oxygen atoms in total. The number of anilines is 1. The van der Waals surface area contributed by atoms with E-state index >= 15 is 0 Å². The molecule has 3 rings (SSSR count). The molecule has 25 heavy (non-hydrogen) atoms. The highest BCUT2D eigenvalue weighted by Gasteiger charge is 2.19. The SMILES string of the molecule is CN=C(NCCCOCc1ccco1)N1CCN(c2cccs2)CC1. The monoisotopic (exact) mass is 362 g/mol. The smallest absolute Gasteiger partial charge is 0.193 e. The second kappa shape index (κ2) is 9.48. The molecular weight excluding hydrogens is 336 g/mol. The summed E-state index contributed by atoms with van der Waals surface area (Å²) in [6, 6.07) is 8.11. The van der Waals surface area contributed by atoms with E-state index in [1.807, 2.05) is 19.2 Å². The van der Waals surface area contributed by atoms with Crippen molar-refractivity contribution in [2.75, 3.05) is 51.3 Å². The zero-order valence-corrected chi connectivity index (χ0v) is 15.5. The van der Waals surface area contributed by atoms with E-state index in [1.165, 1.54) is 5.00 Å². The average Bonchev–Trinajstić information content (AvgIpc) is 3.35. The number of thiophene rings is 1. The van der Waals surface area contributed by atoms with Gasteiger partial charge in [-0.3, -0.25) is 4.99 Å². The predicted molar refractivity (Wildman–Crippen MR) is 102 cm³/mol. The van der Waals surface area contributed by atoms with Gasteiger partial charge in [-0.05, 0) is 36.1 Å². The van der Waals surface area contributed by atoms with E-state index in [1.54, 1.807) is 17.6 Å². The number of nitrogens with zero attached hydrogens (tertiary/aromatic N) is 3. The number of ether oxygens (including phenoxy) is 1. The van der Waals surface area contributed by atoms with Gasteiger partial charge in [-0.25, -0.2) is 0 Å². The Balaban J connectivity index is 1.31. The molecule has 0 radical (unpaired) electrons. The highest BCUT2D eigenvalue weighted by atomic mass is 32.1. The second-order valence-corrected chi connectivity index (χ2v) is 6.81. The molecule has 1 fully saturated rings. The predicted octanol–water partition coefficient (Wildman–Crippen LogP) is 2.65. The van der Waals surface area contributed by atoms with Gasteiger partial charge in [-0.2, -0.15) is 0 Å². The van der Waals surface area contributed by atoms with Gasteiger partial charge < -0.3 is 24.3 Å². The first-order valence-electron chi connectivity index (χ1n) is 8.71. The summed E-state index contributed by atoms with van der Waals surface area (Å²) in [4.78, 5) is 9.19. The maximum absolute atomic E-state index is 5.60. The van der Waals surface area contributed by atoms with Crippen molar-refractivity contribution in [3.05, 3.63) is 41.7 Å². The summed E-state index contributed by atoms with van der Waals surface area (Å²) in [5, 5.41) is 6.93. The fourth-order valence-corrected chi connectivity index (χ4v) is 3.65. The highest BCUT2D eigenvalue weighted by Crippen LogP contribution is 2.22. The molecule has 0 aromatic carbocycles. The molecule has 0 bridgehead atoms. The maximum atomic E-state index is 5.60. The van der Waals surface area contributed by atoms with Gasteiger partial charge >= 0.3 is 0 Å². The molecule has 1 saturated heterocycles. The zero-order chi connectivity index (χ0) is 17.3. The molecule has 0 aliphatic carbocycles. The molecule has 1 N–H and O–H groups in total. The Labute approximate surface area is 153 Å². The van der Waals surface area contributed by atoms with E-state index in [4.69, 9.17) is 9.15 Å². The molecule has 0 saturated carbocycles. The van der Waals surface area contributed by atoms with E-state index in [0.717, 1.165) is 50.9 Å². The van der Waals surface area contributed by atoms with Crippen molar-refractivity contribution in [3.63, 3.8) is 0 Å². The number of rotatable bonds is 7. The normalized spacial score (nSPS) is 15.6. The van der Waals surface area contributed by atoms with Gasteiger partial charge in [0, 0.05) is 46.4 Å². The number of nitrogens with one attached hydrogen (secondary N) is 1. The summed E-state index contributed by atoms with van der Waals surface area (Å²) in [5.41, 5.74) is 0. The van der Waals surface area contributed by atoms with Crippen LogP contribution in [0, 0.1) is 0 Å². The van der Waals surface area contributed by atoms with Crippen molar-refractivity contribution in [1.82, 2.24) is 10.2 Å². The standard InChI is InChI=1S/C18H26N4O2S/c1-19-18(20-7-4-12-23-15-16-5-2-13-24-16)22-10-8-21(9-11-22)17-6-3-14-25-17/h2-3,5-6,13-14H,4,7-12,15H2,1H3,(H,19,20). The summed E-state index contributed by atoms with van der Waals surface area (Å²) in [6.45, 7) is 6.15. The molecule has 0 unspecified atom stereocenters. The lowest BCUT2D eigenvalue weighted by Gasteiger charge is -2.37. The highest BCUT2D eigenvalue weighted by molar-refractivity contribution is 7.14. The molecular formula is C18H26N4O2S. The Hall–Kier alpha value is -1.99. The lowest BCUT2D eigenvalue weighted by atomic mass is 10.3. The van der Waals surface area contributed by atoms with Gasteiger partial charge in [0.05, 0.1) is 11.3 Å². The number of hydrogen-bond acceptors (Lipinski definition) is 5. The van der Waals surface area contributed by atoms with Gasteiger partial charge in [0.15, 0.2) is 5.96 Å². The molecule has 136 valence electrons. The fourth-order valence-electron chi connectivity index (χ4n) is 2.86. The van der Waals surface area contributed by atoms with Crippen LogP contribution < -0.4 is 10.2 Å². The van der Waals surface area contributed by atoms with Crippen molar-refractivity contribution in [3.8, 4) is 0 Å². The van der Waals surface area contributed by atoms with Crippen LogP contribution in [0.5, 0.6) is 0 Å². The lowest BCUT2D eigenvalue weighted by molar-refractivity contribution is 0.104. The molecule has 0 amide bonds. The number of aliphatic imine (C=N–C) groups is 1. The van der Waals surface area contributed by atoms with Crippen LogP contribution >= 0.6 is 11.3 Å². The van der Waals surface area contributed by atoms with Crippen molar-refractivity contribution in [2.24, 2.45) is 4.99 Å². The van der Waals surface area contributed by atoms with E-state index in [-0.39, 0.29) is 0 Å². The minimum atomic E-state index is 0.534. The van der Waals surface area contributed by atoms with Crippen LogP contribution in [-0.2, 0) is 11.3 Å². The summed E-state index contributed by atoms with van der Waals surface area (Å²) < 4.78 is 10.8. The first-order valence-corrected chi connectivity index (χ1v) is 9.59. The number of hydrogen-bond donors (Lipinski definition) is 1. The quantitative estimate of drug-likeness (QED) is 0.466. The average molecular weight is 362 g/mol. The Morgan fingerprint density at radius 3 is 2.84 bits per heavy atom. The molecule has 7 heteroatoms. The van der Waals surface area contributed by atoms with Crippen molar-refractivity contribution in [1.29, 1.82) is 0 Å². The topological polar surface area (TPSA) is 53.2 Å². The Kier molecular flexibility index (Phi) is 6.76. The van der Waals surface area contributed by atoms with Gasteiger partial charge in [0.2, 0.25) is 0 Å². The molecule has 0 spiro atoms. The summed E-state index contributed by atoms with van der Waals surface area (Å²) in [6.07, 6.45) is 2.61. The maximum Gasteiger partial charge on any atom is 0.193 e. The Bertz CT molecular complexity index is 620. The van der Waals surface area contributed by atoms with Crippen molar-refractivity contribution < 1.29 is 9.15 Å². The van der Waals surface area contributed by atoms with E-state index in [2.05, 4.69) is 37.6 Å². The van der Waals surface area contributed by atoms with E-state index < -0.39 is 0 Å². The Morgan fingerprint density at radius 1 is 1.28 bits per heavy atom. The molecule has 2 aromatic heterocycles. The third-order valence-corrected chi connectivity index (χ3v) is 5.11. The van der Waals surface area contributed by atoms with Crippen LogP contribution in [0.25, 0.3) is 0 Å². The van der Waals surface area contributed by atoms with Crippen LogP contribution in [0.2, 0.25) is 0 Å². The fraction of sp³-hybridized carbons (Fsp3) is 0.500. The third kappa shape index (κ3) is 5.24. The van der Waals surface area contributed by atoms with Crippen LogP contribution in [0.4, 0.5) is 5.00 Å². The van der Waals surface area contributed by atoms with Crippen molar-refractivity contribution >= 4 is 22.3 Å². The van der Waals surface area contributed by atoms with E-state index in [0.29, 0.717) is 13.2 Å². The van der Waals surface area contributed by atoms with Crippen LogP contribution in [0.3, 0.4) is 0 Å². The third-order valence-electron chi connectivity index (χ3n) is 4.18. The molecule has 1 aliphatic heterocycles. The second-order valence-electron chi connectivity index (χ2n) is 5.88. The minimum Gasteiger partial charge on any atom is -0.467 e. The van der Waals surface area contributed by atoms with Crippen LogP contribution in [-0.4, -0.2) is 57.2 Å². The zero-order valence-electron chi connectivity index (χ0n) is 14.7. The minimum absolute atomic E-state index is 0.534. The number of furan rings is 1. The summed E-state index contributed by atoms with van der Waals surface area (Å²) in [7, 11) is 1.85. The molecule has 2 aromatic rings. The first kappa shape index (κ1) is 17.8. The summed E-state index contributed by atoms with van der Waals surface area (Å²) >= 11 is 1.81. The molecule has 1 aliphatic rings. The molecule has 3 heterocycles. The first-order chi connectivity index (χ1) is 12.4. The van der Waals surface area contributed by atoms with Gasteiger partial charge in [-0.15, -0.1) is 11.3 Å². The van der Waals surface area contributed by atoms with Gasteiger partial charge in [-0.1, -0.05) is 0 Å². The van der Waals surface area contributed by atoms with Crippen LogP contribution in [0.15, 0.2) is 45.3 Å². The Morgan fingerprint density at radius 2 is 2.16 bits per heavy atom. The summed E-state index contributed by atoms with van der Waals surface area (Å²) in [5.74, 6) is 1.85.